The molecule has 0 heterocycles. The summed E-state index contributed by atoms with van der Waals surface area (Å²) in [7, 11) is 0.967. The van der Waals surface area contributed by atoms with Crippen molar-refractivity contribution >= 4 is 5.78 Å². The summed E-state index contributed by atoms with van der Waals surface area (Å²) in [5.41, 5.74) is -4.35. The highest BCUT2D eigenvalue weighted by molar-refractivity contribution is 5.97. The Balaban J connectivity index is 3.68. The van der Waals surface area contributed by atoms with Gasteiger partial charge in [-0.1, -0.05) is 0 Å². The van der Waals surface area contributed by atoms with E-state index in [0.29, 0.717) is 0 Å². The van der Waals surface area contributed by atoms with E-state index in [0.717, 1.165) is 14.0 Å². The number of alkyl halides is 6. The number of benzene rings is 1. The largest absolute Gasteiger partial charge is 0.496 e. The zero-order valence-electron chi connectivity index (χ0n) is 9.74. The number of Topliss-reactive ketones (excluding diaryl/α,β-unsaturated/α-hetero) is 1. The van der Waals surface area contributed by atoms with Crippen LogP contribution in [0.4, 0.5) is 26.3 Å². The molecule has 0 radical (unpaired) electrons. The summed E-state index contributed by atoms with van der Waals surface area (Å²) >= 11 is 0. The van der Waals surface area contributed by atoms with Gasteiger partial charge in [0.2, 0.25) is 0 Å². The van der Waals surface area contributed by atoms with E-state index in [1.165, 1.54) is 0 Å². The molecule has 1 rings (SSSR count). The number of rotatable bonds is 2. The van der Waals surface area contributed by atoms with Crippen LogP contribution in [-0.2, 0) is 12.4 Å². The number of hydrogen-bond acceptors (Lipinski definition) is 2. The van der Waals surface area contributed by atoms with Crippen LogP contribution in [-0.4, -0.2) is 12.9 Å². The van der Waals surface area contributed by atoms with E-state index in [9.17, 15) is 31.1 Å². The lowest BCUT2D eigenvalue weighted by Crippen LogP contribution is -2.18. The Labute approximate surface area is 104 Å². The van der Waals surface area contributed by atoms with Crippen LogP contribution in [0.2, 0.25) is 0 Å². The second-order valence-corrected chi connectivity index (χ2v) is 3.65. The average Bonchev–Trinajstić information content (AvgIpc) is 2.24. The molecular formula is C11H8F6O2. The van der Waals surface area contributed by atoms with Gasteiger partial charge >= 0.3 is 12.4 Å². The average molecular weight is 286 g/mol. The van der Waals surface area contributed by atoms with Gasteiger partial charge in [0.1, 0.15) is 5.75 Å². The van der Waals surface area contributed by atoms with Crippen molar-refractivity contribution in [1.29, 1.82) is 0 Å². The normalized spacial score (nSPS) is 12.4. The number of methoxy groups -OCH3 is 1. The molecule has 0 spiro atoms. The van der Waals surface area contributed by atoms with Crippen LogP contribution in [0.1, 0.15) is 28.4 Å². The Kier molecular flexibility index (Phi) is 3.83. The SMILES string of the molecule is COc1cc(C(F)(F)F)c(C(F)(F)F)cc1C(C)=O. The van der Waals surface area contributed by atoms with E-state index in [1.54, 1.807) is 0 Å². The Morgan fingerprint density at radius 3 is 1.74 bits per heavy atom. The van der Waals surface area contributed by atoms with Crippen molar-refractivity contribution in [1.82, 2.24) is 0 Å². The summed E-state index contributed by atoms with van der Waals surface area (Å²) in [5, 5.41) is 0. The summed E-state index contributed by atoms with van der Waals surface area (Å²) in [5.74, 6) is -1.37. The maximum Gasteiger partial charge on any atom is 0.417 e. The molecule has 0 bridgehead atoms. The highest BCUT2D eigenvalue weighted by atomic mass is 19.4. The van der Waals surface area contributed by atoms with Crippen molar-refractivity contribution in [3.05, 3.63) is 28.8 Å². The molecule has 106 valence electrons. The molecule has 0 N–H and O–H groups in total. The number of ketones is 1. The molecule has 1 aromatic carbocycles. The lowest BCUT2D eigenvalue weighted by Gasteiger charge is -2.18. The standard InChI is InChI=1S/C11H8F6O2/c1-5(18)6-3-7(10(12,13)14)8(11(15,16)17)4-9(6)19-2/h3-4H,1-2H3. The van der Waals surface area contributed by atoms with E-state index < -0.39 is 40.6 Å². The number of ether oxygens (including phenoxy) is 1. The van der Waals surface area contributed by atoms with Crippen LogP contribution in [0.15, 0.2) is 12.1 Å². The van der Waals surface area contributed by atoms with Gasteiger partial charge < -0.3 is 4.74 Å². The van der Waals surface area contributed by atoms with Crippen LogP contribution < -0.4 is 4.74 Å². The first-order valence-electron chi connectivity index (χ1n) is 4.86. The molecule has 1 aromatic rings. The van der Waals surface area contributed by atoms with E-state index in [2.05, 4.69) is 4.74 Å². The lowest BCUT2D eigenvalue weighted by molar-refractivity contribution is -0.162. The van der Waals surface area contributed by atoms with E-state index in [4.69, 9.17) is 0 Å². The zero-order chi connectivity index (χ0) is 15.0. The molecule has 0 fully saturated rings. The fraction of sp³-hybridized carbons (Fsp3) is 0.364. The third kappa shape index (κ3) is 3.18. The van der Waals surface area contributed by atoms with Crippen LogP contribution in [0.3, 0.4) is 0 Å². The van der Waals surface area contributed by atoms with Crippen molar-refractivity contribution in [2.75, 3.05) is 7.11 Å². The first kappa shape index (κ1) is 15.3. The molecule has 0 unspecified atom stereocenters. The minimum absolute atomic E-state index is 0.157. The third-order valence-electron chi connectivity index (χ3n) is 2.33. The quantitative estimate of drug-likeness (QED) is 0.608. The van der Waals surface area contributed by atoms with Gasteiger partial charge in [0.05, 0.1) is 23.8 Å². The lowest BCUT2D eigenvalue weighted by atomic mass is 10.00. The summed E-state index contributed by atoms with van der Waals surface area (Å²) in [4.78, 5) is 11.1. The smallest absolute Gasteiger partial charge is 0.417 e. The van der Waals surface area contributed by atoms with Gasteiger partial charge in [-0.05, 0) is 19.1 Å². The molecule has 0 aromatic heterocycles. The van der Waals surface area contributed by atoms with E-state index >= 15 is 0 Å². The maximum atomic E-state index is 12.6. The summed E-state index contributed by atoms with van der Waals surface area (Å²) in [6.07, 6.45) is -10.4. The minimum Gasteiger partial charge on any atom is -0.496 e. The molecule has 0 saturated carbocycles. The van der Waals surface area contributed by atoms with Crippen molar-refractivity contribution in [3.63, 3.8) is 0 Å². The highest BCUT2D eigenvalue weighted by Gasteiger charge is 2.44. The van der Waals surface area contributed by atoms with Gasteiger partial charge in [0.25, 0.3) is 0 Å². The molecule has 0 aliphatic carbocycles. The Hall–Kier alpha value is -1.73. The Bertz CT molecular complexity index is 501. The van der Waals surface area contributed by atoms with Crippen molar-refractivity contribution in [2.24, 2.45) is 0 Å². The summed E-state index contributed by atoms with van der Waals surface area (Å²) in [6.45, 7) is 0.936. The topological polar surface area (TPSA) is 26.3 Å². The first-order chi connectivity index (χ1) is 8.48. The fourth-order valence-corrected chi connectivity index (χ4v) is 1.49. The molecule has 19 heavy (non-hydrogen) atoms. The van der Waals surface area contributed by atoms with Crippen molar-refractivity contribution in [3.8, 4) is 5.75 Å². The fourth-order valence-electron chi connectivity index (χ4n) is 1.49. The minimum atomic E-state index is -5.22. The predicted octanol–water partition coefficient (Wildman–Crippen LogP) is 3.94. The molecule has 0 aliphatic rings. The molecular weight excluding hydrogens is 278 g/mol. The molecule has 8 heteroatoms. The van der Waals surface area contributed by atoms with Crippen LogP contribution >= 0.6 is 0 Å². The first-order valence-corrected chi connectivity index (χ1v) is 4.86. The van der Waals surface area contributed by atoms with Crippen LogP contribution in [0, 0.1) is 0 Å². The van der Waals surface area contributed by atoms with Crippen LogP contribution in [0.5, 0.6) is 5.75 Å². The number of hydrogen-bond donors (Lipinski definition) is 0. The van der Waals surface area contributed by atoms with Gasteiger partial charge in [-0.15, -0.1) is 0 Å². The van der Waals surface area contributed by atoms with Gasteiger partial charge in [-0.3, -0.25) is 4.79 Å². The van der Waals surface area contributed by atoms with Crippen LogP contribution in [0.25, 0.3) is 0 Å². The predicted molar refractivity (Wildman–Crippen MR) is 53.0 cm³/mol. The number of carbonyl (C=O) groups is 1. The summed E-state index contributed by atoms with van der Waals surface area (Å²) < 4.78 is 80.1. The molecule has 0 saturated heterocycles. The van der Waals surface area contributed by atoms with E-state index in [-0.39, 0.29) is 12.1 Å². The molecule has 0 amide bonds. The Morgan fingerprint density at radius 2 is 1.42 bits per heavy atom. The number of carbonyl (C=O) groups excluding carboxylic acids is 1. The molecule has 2 nitrogen and oxygen atoms in total. The van der Waals surface area contributed by atoms with E-state index in [1.807, 2.05) is 0 Å². The monoisotopic (exact) mass is 286 g/mol. The zero-order valence-corrected chi connectivity index (χ0v) is 9.74. The molecule has 0 atom stereocenters. The van der Waals surface area contributed by atoms with Gasteiger partial charge in [-0.2, -0.15) is 26.3 Å². The van der Waals surface area contributed by atoms with Crippen molar-refractivity contribution in [2.45, 2.75) is 19.3 Å². The van der Waals surface area contributed by atoms with Crippen molar-refractivity contribution < 1.29 is 35.9 Å². The molecule has 0 aliphatic heterocycles. The summed E-state index contributed by atoms with van der Waals surface area (Å²) in [6, 6.07) is 0.337. The number of halogens is 6. The van der Waals surface area contributed by atoms with Gasteiger partial charge in [-0.25, -0.2) is 0 Å². The maximum absolute atomic E-state index is 12.6. The van der Waals surface area contributed by atoms with Gasteiger partial charge in [0.15, 0.2) is 5.78 Å². The third-order valence-corrected chi connectivity index (χ3v) is 2.33. The Morgan fingerprint density at radius 1 is 1.00 bits per heavy atom. The van der Waals surface area contributed by atoms with Gasteiger partial charge in [0, 0.05) is 0 Å². The highest BCUT2D eigenvalue weighted by Crippen LogP contribution is 2.43. The second kappa shape index (κ2) is 4.75. The second-order valence-electron chi connectivity index (χ2n) is 3.65.